The van der Waals surface area contributed by atoms with E-state index in [1.54, 1.807) is 12.1 Å². The fourth-order valence-corrected chi connectivity index (χ4v) is 2.46. The minimum Gasteiger partial charge on any atom is -0.495 e. The van der Waals surface area contributed by atoms with Gasteiger partial charge in [-0.3, -0.25) is 4.79 Å². The van der Waals surface area contributed by atoms with E-state index < -0.39 is 18.5 Å². The fourth-order valence-electron chi connectivity index (χ4n) is 1.74. The maximum absolute atomic E-state index is 11.9. The molecule has 0 saturated heterocycles. The molecule has 9 heteroatoms. The van der Waals surface area contributed by atoms with E-state index in [0.29, 0.717) is 16.5 Å². The molecule has 1 heterocycles. The summed E-state index contributed by atoms with van der Waals surface area (Å²) in [4.78, 5) is 27.4. The number of hydrogen-bond acceptors (Lipinski definition) is 5. The number of nitrogens with zero attached hydrogens (tertiary/aromatic N) is 1. The summed E-state index contributed by atoms with van der Waals surface area (Å²) < 4.78 is 9.90. The zero-order valence-electron chi connectivity index (χ0n) is 12.3. The summed E-state index contributed by atoms with van der Waals surface area (Å²) in [6.07, 6.45) is 0. The smallest absolute Gasteiger partial charge is 0.338 e. The SMILES string of the molecule is COc1ccc(NC(=O)COC(=O)c2cc(Cl)nc(Cl)c2)cc1Cl. The number of ether oxygens (including phenoxy) is 2. The summed E-state index contributed by atoms with van der Waals surface area (Å²) in [6.45, 7) is -0.486. The zero-order valence-corrected chi connectivity index (χ0v) is 14.6. The molecule has 0 radical (unpaired) electrons. The molecular weight excluding hydrogens is 379 g/mol. The van der Waals surface area contributed by atoms with E-state index >= 15 is 0 Å². The van der Waals surface area contributed by atoms with Gasteiger partial charge in [0.2, 0.25) is 0 Å². The van der Waals surface area contributed by atoms with Gasteiger partial charge in [0, 0.05) is 5.69 Å². The molecule has 6 nitrogen and oxygen atoms in total. The van der Waals surface area contributed by atoms with E-state index in [0.717, 1.165) is 0 Å². The van der Waals surface area contributed by atoms with Crippen LogP contribution >= 0.6 is 34.8 Å². The number of esters is 1. The van der Waals surface area contributed by atoms with Crippen LogP contribution in [0, 0.1) is 0 Å². The van der Waals surface area contributed by atoms with E-state index in [1.807, 2.05) is 0 Å². The minimum atomic E-state index is -0.746. The van der Waals surface area contributed by atoms with Gasteiger partial charge >= 0.3 is 5.97 Å². The molecule has 0 atom stereocenters. The van der Waals surface area contributed by atoms with Gasteiger partial charge < -0.3 is 14.8 Å². The summed E-state index contributed by atoms with van der Waals surface area (Å²) in [5, 5.41) is 2.98. The van der Waals surface area contributed by atoms with Gasteiger partial charge in [0.1, 0.15) is 16.1 Å². The first-order chi connectivity index (χ1) is 11.4. The van der Waals surface area contributed by atoms with E-state index in [2.05, 4.69) is 10.3 Å². The summed E-state index contributed by atoms with van der Waals surface area (Å²) in [7, 11) is 1.48. The van der Waals surface area contributed by atoms with Gasteiger partial charge in [-0.1, -0.05) is 34.8 Å². The lowest BCUT2D eigenvalue weighted by molar-refractivity contribution is -0.119. The Labute approximate surface area is 152 Å². The van der Waals surface area contributed by atoms with Gasteiger partial charge in [0.25, 0.3) is 5.91 Å². The number of benzene rings is 1. The number of carbonyl (C=O) groups is 2. The maximum Gasteiger partial charge on any atom is 0.338 e. The molecule has 2 aromatic rings. The fraction of sp³-hybridized carbons (Fsp3) is 0.133. The molecule has 0 bridgehead atoms. The molecule has 0 aliphatic carbocycles. The summed E-state index contributed by atoms with van der Waals surface area (Å²) in [5.41, 5.74) is 0.539. The minimum absolute atomic E-state index is 0.0479. The monoisotopic (exact) mass is 388 g/mol. The first-order valence-corrected chi connectivity index (χ1v) is 7.66. The van der Waals surface area contributed by atoms with Crippen LogP contribution in [-0.4, -0.2) is 30.6 Å². The largest absolute Gasteiger partial charge is 0.495 e. The Kier molecular flexibility index (Phi) is 6.25. The number of amides is 1. The lowest BCUT2D eigenvalue weighted by Gasteiger charge is -2.09. The Morgan fingerprint density at radius 2 is 1.79 bits per heavy atom. The molecule has 1 amide bonds. The Bertz CT molecular complexity index is 763. The van der Waals surface area contributed by atoms with E-state index in [1.165, 1.54) is 25.3 Å². The molecule has 0 saturated carbocycles. The lowest BCUT2D eigenvalue weighted by Crippen LogP contribution is -2.21. The topological polar surface area (TPSA) is 77.5 Å². The highest BCUT2D eigenvalue weighted by Crippen LogP contribution is 2.27. The third kappa shape index (κ3) is 4.99. The first kappa shape index (κ1) is 18.3. The van der Waals surface area contributed by atoms with Gasteiger partial charge in [0.15, 0.2) is 6.61 Å². The van der Waals surface area contributed by atoms with Crippen LogP contribution in [0.1, 0.15) is 10.4 Å². The molecule has 0 unspecified atom stereocenters. The number of rotatable bonds is 5. The van der Waals surface area contributed by atoms with Crippen molar-refractivity contribution in [3.05, 3.63) is 51.2 Å². The Morgan fingerprint density at radius 1 is 1.12 bits per heavy atom. The third-order valence-electron chi connectivity index (χ3n) is 2.77. The van der Waals surface area contributed by atoms with Gasteiger partial charge in [-0.2, -0.15) is 0 Å². The van der Waals surface area contributed by atoms with Crippen molar-refractivity contribution in [1.82, 2.24) is 4.98 Å². The van der Waals surface area contributed by atoms with Crippen molar-refractivity contribution >= 4 is 52.4 Å². The van der Waals surface area contributed by atoms with Crippen molar-refractivity contribution in [3.8, 4) is 5.75 Å². The maximum atomic E-state index is 11.9. The van der Waals surface area contributed by atoms with Gasteiger partial charge in [-0.05, 0) is 30.3 Å². The Hall–Kier alpha value is -2.02. The number of aromatic nitrogens is 1. The van der Waals surface area contributed by atoms with Crippen LogP contribution in [0.4, 0.5) is 5.69 Å². The van der Waals surface area contributed by atoms with Crippen molar-refractivity contribution < 1.29 is 19.1 Å². The van der Waals surface area contributed by atoms with Gasteiger partial charge in [-0.15, -0.1) is 0 Å². The van der Waals surface area contributed by atoms with Gasteiger partial charge in [-0.25, -0.2) is 9.78 Å². The van der Waals surface area contributed by atoms with Crippen LogP contribution in [0.25, 0.3) is 0 Å². The Balaban J connectivity index is 1.93. The first-order valence-electron chi connectivity index (χ1n) is 6.52. The van der Waals surface area contributed by atoms with Crippen LogP contribution < -0.4 is 10.1 Å². The summed E-state index contributed by atoms with van der Waals surface area (Å²) >= 11 is 17.4. The van der Waals surface area contributed by atoms with Crippen LogP contribution in [0.15, 0.2) is 30.3 Å². The van der Waals surface area contributed by atoms with Crippen molar-refractivity contribution in [3.63, 3.8) is 0 Å². The number of hydrogen-bond donors (Lipinski definition) is 1. The van der Waals surface area contributed by atoms with Crippen LogP contribution in [0.3, 0.4) is 0 Å². The number of halogens is 3. The third-order valence-corrected chi connectivity index (χ3v) is 3.45. The van der Waals surface area contributed by atoms with Gasteiger partial charge in [0.05, 0.1) is 17.7 Å². The highest BCUT2D eigenvalue weighted by atomic mass is 35.5. The van der Waals surface area contributed by atoms with E-state index in [4.69, 9.17) is 44.3 Å². The lowest BCUT2D eigenvalue weighted by atomic mass is 10.3. The number of methoxy groups -OCH3 is 1. The second kappa shape index (κ2) is 8.19. The highest BCUT2D eigenvalue weighted by Gasteiger charge is 2.13. The molecule has 0 aliphatic heterocycles. The van der Waals surface area contributed by atoms with Crippen molar-refractivity contribution in [2.45, 2.75) is 0 Å². The van der Waals surface area contributed by atoms with Crippen molar-refractivity contribution in [2.24, 2.45) is 0 Å². The van der Waals surface area contributed by atoms with Crippen molar-refractivity contribution in [1.29, 1.82) is 0 Å². The molecule has 126 valence electrons. The average Bonchev–Trinajstić information content (AvgIpc) is 2.52. The van der Waals surface area contributed by atoms with E-state index in [-0.39, 0.29) is 15.9 Å². The van der Waals surface area contributed by atoms with E-state index in [9.17, 15) is 9.59 Å². The van der Waals surface area contributed by atoms with Crippen LogP contribution in [-0.2, 0) is 9.53 Å². The Morgan fingerprint density at radius 3 is 2.38 bits per heavy atom. The molecular formula is C15H11Cl3N2O4. The second-order valence-corrected chi connectivity index (χ2v) is 5.66. The number of carbonyl (C=O) groups excluding carboxylic acids is 2. The van der Waals surface area contributed by atoms with Crippen molar-refractivity contribution in [2.75, 3.05) is 19.0 Å². The number of anilines is 1. The van der Waals surface area contributed by atoms with Crippen LogP contribution in [0.2, 0.25) is 15.3 Å². The average molecular weight is 390 g/mol. The normalized spacial score (nSPS) is 10.2. The highest BCUT2D eigenvalue weighted by molar-refractivity contribution is 6.33. The predicted molar refractivity (Wildman–Crippen MR) is 91.2 cm³/mol. The predicted octanol–water partition coefficient (Wildman–Crippen LogP) is 3.85. The summed E-state index contributed by atoms with van der Waals surface area (Å²) in [5.74, 6) is -0.799. The zero-order chi connectivity index (χ0) is 17.7. The standard InChI is InChI=1S/C15H11Cl3N2O4/c1-23-11-3-2-9(6-10(11)16)19-14(21)7-24-15(22)8-4-12(17)20-13(18)5-8/h2-6H,7H2,1H3,(H,19,21). The molecule has 2 rings (SSSR count). The quantitative estimate of drug-likeness (QED) is 0.621. The second-order valence-electron chi connectivity index (χ2n) is 4.47. The summed E-state index contributed by atoms with van der Waals surface area (Å²) in [6, 6.07) is 7.30. The molecule has 0 fully saturated rings. The number of nitrogens with one attached hydrogen (secondary N) is 1. The molecule has 0 spiro atoms. The molecule has 0 aliphatic rings. The molecule has 24 heavy (non-hydrogen) atoms. The molecule has 1 aromatic carbocycles. The molecule has 1 aromatic heterocycles. The van der Waals surface area contributed by atoms with Crippen LogP contribution in [0.5, 0.6) is 5.75 Å². The number of pyridine rings is 1. The molecule has 1 N–H and O–H groups in total.